The predicted molar refractivity (Wildman–Crippen MR) is 87.7 cm³/mol. The van der Waals surface area contributed by atoms with E-state index in [-0.39, 0.29) is 24.5 Å². The highest BCUT2D eigenvalue weighted by Gasteiger charge is 2.20. The maximum Gasteiger partial charge on any atom is 0.325 e. The normalized spacial score (nSPS) is 10.9. The molecule has 0 N–H and O–H groups in total. The van der Waals surface area contributed by atoms with E-state index in [0.29, 0.717) is 18.8 Å². The molecular weight excluding hydrogens is 278 g/mol. The summed E-state index contributed by atoms with van der Waals surface area (Å²) in [6.07, 6.45) is 1.08. The molecule has 0 heterocycles. The fourth-order valence-electron chi connectivity index (χ4n) is 2.23. The summed E-state index contributed by atoms with van der Waals surface area (Å²) in [5, 5.41) is 0. The first kappa shape index (κ1) is 18.2. The standard InChI is InChI=1S/C18H27NO3/c1-13(2)16-9-6-15(7-10-16)8-11-17(20)19(14(3)4)12-18(21)22-5/h6-7,9-10,13-14H,8,11-12H2,1-5H3. The molecule has 0 aliphatic carbocycles. The molecule has 0 saturated heterocycles. The lowest BCUT2D eigenvalue weighted by atomic mass is 10.00. The first-order valence-corrected chi connectivity index (χ1v) is 7.80. The summed E-state index contributed by atoms with van der Waals surface area (Å²) in [4.78, 5) is 25.3. The molecular formula is C18H27NO3. The Morgan fingerprint density at radius 1 is 1.09 bits per heavy atom. The predicted octanol–water partition coefficient (Wildman–Crippen LogP) is 3.15. The van der Waals surface area contributed by atoms with Crippen molar-refractivity contribution in [2.45, 2.75) is 52.5 Å². The lowest BCUT2D eigenvalue weighted by Gasteiger charge is -2.25. The van der Waals surface area contributed by atoms with Crippen LogP contribution in [0.2, 0.25) is 0 Å². The third kappa shape index (κ3) is 5.51. The molecule has 1 rings (SSSR count). The summed E-state index contributed by atoms with van der Waals surface area (Å²) in [6, 6.07) is 8.35. The Hall–Kier alpha value is -1.84. The number of rotatable bonds is 7. The van der Waals surface area contributed by atoms with E-state index in [0.717, 1.165) is 5.56 Å². The molecule has 0 aromatic heterocycles. The number of hydrogen-bond donors (Lipinski definition) is 0. The second-order valence-electron chi connectivity index (χ2n) is 6.09. The molecule has 4 heteroatoms. The van der Waals surface area contributed by atoms with Crippen molar-refractivity contribution in [1.29, 1.82) is 0 Å². The van der Waals surface area contributed by atoms with Gasteiger partial charge in [0.15, 0.2) is 0 Å². The molecule has 0 aliphatic rings. The van der Waals surface area contributed by atoms with Gasteiger partial charge in [0.05, 0.1) is 7.11 Å². The van der Waals surface area contributed by atoms with Crippen LogP contribution in [0.3, 0.4) is 0 Å². The van der Waals surface area contributed by atoms with Gasteiger partial charge in [0.1, 0.15) is 6.54 Å². The van der Waals surface area contributed by atoms with Crippen LogP contribution in [-0.2, 0) is 20.7 Å². The molecule has 0 radical (unpaired) electrons. The summed E-state index contributed by atoms with van der Waals surface area (Å²) >= 11 is 0. The van der Waals surface area contributed by atoms with Gasteiger partial charge in [-0.2, -0.15) is 0 Å². The number of aryl methyl sites for hydroxylation is 1. The van der Waals surface area contributed by atoms with Crippen LogP contribution in [0.25, 0.3) is 0 Å². The number of amides is 1. The summed E-state index contributed by atoms with van der Waals surface area (Å²) in [6.45, 7) is 8.13. The Morgan fingerprint density at radius 2 is 1.68 bits per heavy atom. The number of esters is 1. The lowest BCUT2D eigenvalue weighted by Crippen LogP contribution is -2.41. The fraction of sp³-hybridized carbons (Fsp3) is 0.556. The Bertz CT molecular complexity index is 492. The van der Waals surface area contributed by atoms with E-state index in [1.165, 1.54) is 12.7 Å². The van der Waals surface area contributed by atoms with Crippen molar-refractivity contribution in [3.63, 3.8) is 0 Å². The summed E-state index contributed by atoms with van der Waals surface area (Å²) in [7, 11) is 1.33. The summed E-state index contributed by atoms with van der Waals surface area (Å²) in [5.74, 6) is 0.101. The van der Waals surface area contributed by atoms with Crippen molar-refractivity contribution in [3.8, 4) is 0 Å². The van der Waals surface area contributed by atoms with E-state index >= 15 is 0 Å². The molecule has 1 aromatic rings. The Labute approximate surface area is 133 Å². The minimum absolute atomic E-state index is 0.0132. The lowest BCUT2D eigenvalue weighted by molar-refractivity contribution is -0.148. The molecule has 122 valence electrons. The molecule has 0 atom stereocenters. The van der Waals surface area contributed by atoms with E-state index < -0.39 is 0 Å². The smallest absolute Gasteiger partial charge is 0.325 e. The maximum absolute atomic E-state index is 12.3. The quantitative estimate of drug-likeness (QED) is 0.727. The van der Waals surface area contributed by atoms with Crippen molar-refractivity contribution < 1.29 is 14.3 Å². The van der Waals surface area contributed by atoms with Crippen molar-refractivity contribution in [1.82, 2.24) is 4.90 Å². The van der Waals surface area contributed by atoms with Crippen LogP contribution in [0.5, 0.6) is 0 Å². The Morgan fingerprint density at radius 3 is 2.14 bits per heavy atom. The van der Waals surface area contributed by atoms with Gasteiger partial charge in [-0.1, -0.05) is 38.1 Å². The third-order valence-electron chi connectivity index (χ3n) is 3.74. The number of hydrogen-bond acceptors (Lipinski definition) is 3. The SMILES string of the molecule is COC(=O)CN(C(=O)CCc1ccc(C(C)C)cc1)C(C)C. The minimum Gasteiger partial charge on any atom is -0.468 e. The number of carbonyl (C=O) groups excluding carboxylic acids is 2. The van der Waals surface area contributed by atoms with Crippen LogP contribution < -0.4 is 0 Å². The highest BCUT2D eigenvalue weighted by Crippen LogP contribution is 2.16. The zero-order valence-electron chi connectivity index (χ0n) is 14.3. The van der Waals surface area contributed by atoms with Crippen LogP contribution in [0.1, 0.15) is 51.2 Å². The zero-order valence-corrected chi connectivity index (χ0v) is 14.3. The second-order valence-corrected chi connectivity index (χ2v) is 6.09. The summed E-state index contributed by atoms with van der Waals surface area (Å²) < 4.78 is 4.65. The van der Waals surface area contributed by atoms with Gasteiger partial charge >= 0.3 is 5.97 Å². The van der Waals surface area contributed by atoms with Crippen LogP contribution in [0.4, 0.5) is 0 Å². The van der Waals surface area contributed by atoms with Crippen LogP contribution in [-0.4, -0.2) is 36.5 Å². The molecule has 4 nitrogen and oxygen atoms in total. The zero-order chi connectivity index (χ0) is 16.7. The van der Waals surface area contributed by atoms with Gasteiger partial charge in [-0.05, 0) is 37.3 Å². The largest absolute Gasteiger partial charge is 0.468 e. The number of ether oxygens (including phenoxy) is 1. The van der Waals surface area contributed by atoms with Gasteiger partial charge in [0, 0.05) is 12.5 Å². The van der Waals surface area contributed by atoms with E-state index in [4.69, 9.17) is 0 Å². The first-order chi connectivity index (χ1) is 10.3. The van der Waals surface area contributed by atoms with Crippen molar-refractivity contribution in [2.75, 3.05) is 13.7 Å². The first-order valence-electron chi connectivity index (χ1n) is 7.80. The van der Waals surface area contributed by atoms with Crippen molar-refractivity contribution in [2.24, 2.45) is 0 Å². The molecule has 0 aliphatic heterocycles. The minimum atomic E-state index is -0.386. The van der Waals surface area contributed by atoms with Gasteiger partial charge in [-0.3, -0.25) is 9.59 Å². The van der Waals surface area contributed by atoms with Gasteiger partial charge < -0.3 is 9.64 Å². The Kier molecular flexibility index (Phi) is 7.09. The second kappa shape index (κ2) is 8.57. The van der Waals surface area contributed by atoms with E-state index in [1.807, 2.05) is 13.8 Å². The summed E-state index contributed by atoms with van der Waals surface area (Å²) in [5.41, 5.74) is 2.43. The van der Waals surface area contributed by atoms with Gasteiger partial charge in [0.25, 0.3) is 0 Å². The van der Waals surface area contributed by atoms with Crippen LogP contribution in [0.15, 0.2) is 24.3 Å². The number of methoxy groups -OCH3 is 1. The van der Waals surface area contributed by atoms with E-state index in [1.54, 1.807) is 4.90 Å². The maximum atomic E-state index is 12.3. The van der Waals surface area contributed by atoms with E-state index in [9.17, 15) is 9.59 Å². The number of benzene rings is 1. The molecule has 0 saturated carbocycles. The molecule has 22 heavy (non-hydrogen) atoms. The fourth-order valence-corrected chi connectivity index (χ4v) is 2.23. The molecule has 0 unspecified atom stereocenters. The van der Waals surface area contributed by atoms with Crippen molar-refractivity contribution >= 4 is 11.9 Å². The molecule has 0 spiro atoms. The number of nitrogens with zero attached hydrogens (tertiary/aromatic N) is 1. The Balaban J connectivity index is 2.60. The molecule has 1 amide bonds. The average molecular weight is 305 g/mol. The van der Waals surface area contributed by atoms with Crippen molar-refractivity contribution in [3.05, 3.63) is 35.4 Å². The molecule has 0 bridgehead atoms. The molecule has 0 fully saturated rings. The van der Waals surface area contributed by atoms with Crippen LogP contribution >= 0.6 is 0 Å². The van der Waals surface area contributed by atoms with Gasteiger partial charge in [0.2, 0.25) is 5.91 Å². The average Bonchev–Trinajstić information content (AvgIpc) is 2.49. The van der Waals surface area contributed by atoms with Crippen LogP contribution in [0, 0.1) is 0 Å². The van der Waals surface area contributed by atoms with Gasteiger partial charge in [-0.25, -0.2) is 0 Å². The number of carbonyl (C=O) groups is 2. The molecule has 1 aromatic carbocycles. The topological polar surface area (TPSA) is 46.6 Å². The third-order valence-corrected chi connectivity index (χ3v) is 3.74. The van der Waals surface area contributed by atoms with E-state index in [2.05, 4.69) is 42.8 Å². The monoisotopic (exact) mass is 305 g/mol. The highest BCUT2D eigenvalue weighted by atomic mass is 16.5. The van der Waals surface area contributed by atoms with Gasteiger partial charge in [-0.15, -0.1) is 0 Å². The highest BCUT2D eigenvalue weighted by molar-refractivity contribution is 5.82.